The van der Waals surface area contributed by atoms with Gasteiger partial charge in [-0.1, -0.05) is 17.7 Å². The number of carbonyl (C=O) groups excluding carboxylic acids is 2. The smallest absolute Gasteiger partial charge is 0.240 e. The first kappa shape index (κ1) is 18.7. The number of hydrogen-bond donors (Lipinski definition) is 2. The highest BCUT2D eigenvalue weighted by Crippen LogP contribution is 2.47. The molecule has 1 aromatic carbocycles. The second-order valence-corrected chi connectivity index (χ2v) is 7.29. The largest absolute Gasteiger partial charge is 0.355 e. The number of rotatable bonds is 7. The number of anilines is 1. The highest BCUT2D eigenvalue weighted by atomic mass is 35.5. The summed E-state index contributed by atoms with van der Waals surface area (Å²) in [7, 11) is 3.98. The van der Waals surface area contributed by atoms with E-state index in [-0.39, 0.29) is 11.8 Å². The van der Waals surface area contributed by atoms with Gasteiger partial charge in [-0.2, -0.15) is 0 Å². The fourth-order valence-corrected chi connectivity index (χ4v) is 3.12. The molecular formula is C18H26ClN3O2. The lowest BCUT2D eigenvalue weighted by Crippen LogP contribution is -2.40. The van der Waals surface area contributed by atoms with Gasteiger partial charge >= 0.3 is 0 Å². The van der Waals surface area contributed by atoms with E-state index < -0.39 is 5.41 Å². The molecule has 2 N–H and O–H groups in total. The molecule has 1 saturated carbocycles. The fraction of sp³-hybridized carbons (Fsp3) is 0.556. The summed E-state index contributed by atoms with van der Waals surface area (Å²) in [6.45, 7) is 5.33. The molecule has 0 saturated heterocycles. The molecule has 2 amide bonds. The summed E-state index contributed by atoms with van der Waals surface area (Å²) in [6, 6.07) is 3.77. The number of hydrogen-bond acceptors (Lipinski definition) is 3. The Bertz CT molecular complexity index is 616. The normalized spacial score (nSPS) is 15.2. The molecule has 2 rings (SSSR count). The molecule has 132 valence electrons. The van der Waals surface area contributed by atoms with Gasteiger partial charge in [0.2, 0.25) is 11.8 Å². The van der Waals surface area contributed by atoms with Crippen molar-refractivity contribution in [2.75, 3.05) is 32.5 Å². The quantitative estimate of drug-likeness (QED) is 0.586. The fourth-order valence-electron chi connectivity index (χ4n) is 2.76. The lowest BCUT2D eigenvalue weighted by atomic mass is 10.0. The molecule has 1 aliphatic rings. The third-order valence-electron chi connectivity index (χ3n) is 4.36. The Balaban J connectivity index is 1.98. The Hall–Kier alpha value is -1.59. The number of carbonyl (C=O) groups is 2. The van der Waals surface area contributed by atoms with Crippen molar-refractivity contribution in [1.82, 2.24) is 10.2 Å². The van der Waals surface area contributed by atoms with Crippen LogP contribution in [0.25, 0.3) is 0 Å². The van der Waals surface area contributed by atoms with Gasteiger partial charge in [0.05, 0.1) is 10.7 Å². The molecule has 24 heavy (non-hydrogen) atoms. The Labute approximate surface area is 148 Å². The number of nitrogens with zero attached hydrogens (tertiary/aromatic N) is 1. The minimum Gasteiger partial charge on any atom is -0.355 e. The van der Waals surface area contributed by atoms with Crippen LogP contribution in [0.1, 0.15) is 30.4 Å². The predicted octanol–water partition coefficient (Wildman–Crippen LogP) is 2.74. The summed E-state index contributed by atoms with van der Waals surface area (Å²) in [6.07, 6.45) is 2.03. The van der Waals surface area contributed by atoms with Crippen LogP contribution < -0.4 is 10.6 Å². The van der Waals surface area contributed by atoms with Crippen LogP contribution in [0.15, 0.2) is 12.1 Å². The summed E-state index contributed by atoms with van der Waals surface area (Å²) >= 11 is 6.24. The minimum atomic E-state index is -0.932. The number of nitrogens with one attached hydrogen (secondary N) is 2. The van der Waals surface area contributed by atoms with Crippen molar-refractivity contribution in [1.29, 1.82) is 0 Å². The van der Waals surface area contributed by atoms with Crippen molar-refractivity contribution >= 4 is 29.1 Å². The molecule has 0 aromatic heterocycles. The molecule has 0 bridgehead atoms. The average Bonchev–Trinajstić information content (AvgIpc) is 3.28. The number of benzene rings is 1. The van der Waals surface area contributed by atoms with E-state index in [2.05, 4.69) is 15.5 Å². The van der Waals surface area contributed by atoms with Crippen LogP contribution in [0.3, 0.4) is 0 Å². The summed E-state index contributed by atoms with van der Waals surface area (Å²) in [5.41, 5.74) is 1.60. The molecule has 6 heteroatoms. The number of amides is 2. The summed E-state index contributed by atoms with van der Waals surface area (Å²) in [5.74, 6) is -0.443. The first-order valence-electron chi connectivity index (χ1n) is 8.27. The maximum atomic E-state index is 12.6. The Morgan fingerprint density at radius 2 is 1.88 bits per heavy atom. The topological polar surface area (TPSA) is 61.4 Å². The van der Waals surface area contributed by atoms with Gasteiger partial charge in [0.1, 0.15) is 5.41 Å². The van der Waals surface area contributed by atoms with E-state index in [4.69, 9.17) is 11.6 Å². The van der Waals surface area contributed by atoms with Crippen LogP contribution in [-0.4, -0.2) is 43.9 Å². The Morgan fingerprint density at radius 1 is 1.21 bits per heavy atom. The van der Waals surface area contributed by atoms with Gasteiger partial charge in [0.25, 0.3) is 0 Å². The predicted molar refractivity (Wildman–Crippen MR) is 97.4 cm³/mol. The van der Waals surface area contributed by atoms with Crippen LogP contribution in [0, 0.1) is 19.3 Å². The first-order chi connectivity index (χ1) is 11.3. The second kappa shape index (κ2) is 7.53. The summed E-state index contributed by atoms with van der Waals surface area (Å²) in [5, 5.41) is 6.25. The number of aryl methyl sites for hydroxylation is 2. The zero-order chi connectivity index (χ0) is 17.9. The molecular weight excluding hydrogens is 326 g/mol. The average molecular weight is 352 g/mol. The zero-order valence-electron chi connectivity index (χ0n) is 14.8. The first-order valence-corrected chi connectivity index (χ1v) is 8.65. The van der Waals surface area contributed by atoms with E-state index in [1.807, 2.05) is 40.1 Å². The van der Waals surface area contributed by atoms with Crippen molar-refractivity contribution in [3.8, 4) is 0 Å². The van der Waals surface area contributed by atoms with E-state index >= 15 is 0 Å². The molecule has 1 fully saturated rings. The van der Waals surface area contributed by atoms with Gasteiger partial charge < -0.3 is 15.5 Å². The minimum absolute atomic E-state index is 0.181. The van der Waals surface area contributed by atoms with Crippen molar-refractivity contribution in [2.24, 2.45) is 5.41 Å². The lowest BCUT2D eigenvalue weighted by Gasteiger charge is -2.18. The summed E-state index contributed by atoms with van der Waals surface area (Å²) < 4.78 is 0. The van der Waals surface area contributed by atoms with Gasteiger partial charge in [0.15, 0.2) is 0 Å². The van der Waals surface area contributed by atoms with E-state index in [0.29, 0.717) is 30.1 Å². The van der Waals surface area contributed by atoms with Crippen molar-refractivity contribution < 1.29 is 9.59 Å². The molecule has 0 aliphatic heterocycles. The van der Waals surface area contributed by atoms with E-state index in [1.54, 1.807) is 0 Å². The molecule has 1 aliphatic carbocycles. The van der Waals surface area contributed by atoms with Crippen molar-refractivity contribution in [2.45, 2.75) is 33.1 Å². The lowest BCUT2D eigenvalue weighted by molar-refractivity contribution is -0.134. The van der Waals surface area contributed by atoms with Gasteiger partial charge in [0, 0.05) is 6.54 Å². The maximum absolute atomic E-state index is 12.6. The van der Waals surface area contributed by atoms with Crippen LogP contribution in [0.4, 0.5) is 5.69 Å². The third kappa shape index (κ3) is 4.28. The molecule has 5 nitrogen and oxygen atoms in total. The summed E-state index contributed by atoms with van der Waals surface area (Å²) in [4.78, 5) is 27.1. The molecule has 1 aromatic rings. The second-order valence-electron chi connectivity index (χ2n) is 6.89. The van der Waals surface area contributed by atoms with Crippen LogP contribution in [-0.2, 0) is 9.59 Å². The molecule has 0 spiro atoms. The molecule has 0 unspecified atom stereocenters. The van der Waals surface area contributed by atoms with E-state index in [9.17, 15) is 9.59 Å². The van der Waals surface area contributed by atoms with Crippen molar-refractivity contribution in [3.05, 3.63) is 28.3 Å². The maximum Gasteiger partial charge on any atom is 0.240 e. The Morgan fingerprint density at radius 3 is 2.42 bits per heavy atom. The third-order valence-corrected chi connectivity index (χ3v) is 4.66. The molecule has 0 radical (unpaired) electrons. The van der Waals surface area contributed by atoms with Gasteiger partial charge in [-0.3, -0.25) is 9.59 Å². The Kier molecular flexibility index (Phi) is 5.88. The van der Waals surface area contributed by atoms with Crippen LogP contribution in [0.2, 0.25) is 5.02 Å². The van der Waals surface area contributed by atoms with E-state index in [0.717, 1.165) is 24.1 Å². The number of halogens is 1. The standard InChI is InChI=1S/C18H26ClN3O2/c1-12-10-13(2)15(14(19)11-12)21-17(24)18(6-7-18)16(23)20-8-5-9-22(3)4/h10-11H,5-9H2,1-4H3,(H,20,23)(H,21,24). The van der Waals surface area contributed by atoms with E-state index in [1.165, 1.54) is 0 Å². The highest BCUT2D eigenvalue weighted by molar-refractivity contribution is 6.34. The van der Waals surface area contributed by atoms with Crippen LogP contribution >= 0.6 is 11.6 Å². The molecule has 0 atom stereocenters. The highest BCUT2D eigenvalue weighted by Gasteiger charge is 2.56. The van der Waals surface area contributed by atoms with Gasteiger partial charge in [-0.15, -0.1) is 0 Å². The molecule has 0 heterocycles. The van der Waals surface area contributed by atoms with Gasteiger partial charge in [-0.05, 0) is 70.9 Å². The van der Waals surface area contributed by atoms with Crippen molar-refractivity contribution in [3.63, 3.8) is 0 Å². The SMILES string of the molecule is Cc1cc(C)c(NC(=O)C2(C(=O)NCCCN(C)C)CC2)c(Cl)c1. The van der Waals surface area contributed by atoms with Crippen LogP contribution in [0.5, 0.6) is 0 Å². The zero-order valence-corrected chi connectivity index (χ0v) is 15.6. The monoisotopic (exact) mass is 351 g/mol. The van der Waals surface area contributed by atoms with Gasteiger partial charge in [-0.25, -0.2) is 0 Å².